The van der Waals surface area contributed by atoms with Crippen LogP contribution in [0.5, 0.6) is 0 Å². The molecule has 0 heterocycles. The average Bonchev–Trinajstić information content (AvgIpc) is 2.45. The molecule has 7 heteroatoms. The van der Waals surface area contributed by atoms with Crippen LogP contribution in [-0.4, -0.2) is 47.8 Å². The van der Waals surface area contributed by atoms with Gasteiger partial charge in [-0.1, -0.05) is 30.3 Å². The maximum Gasteiger partial charge on any atom is 0.252 e. The number of carbonyl (C=O) groups is 1. The average molecular weight is 296 g/mol. The summed E-state index contributed by atoms with van der Waals surface area (Å²) in [6.45, 7) is 1.00. The largest absolute Gasteiger partial charge is 0.393 e. The summed E-state index contributed by atoms with van der Waals surface area (Å²) in [4.78, 5) is 27.6. The SMILES string of the molecule is CON(C)C(=O)[C@H]([C@H](C)O)[C@H](C[N+](=O)[O-])c1ccccc1. The molecule has 1 rings (SSSR count). The predicted octanol–water partition coefficient (Wildman–Crippen LogP) is 1.06. The van der Waals surface area contributed by atoms with E-state index < -0.39 is 35.3 Å². The summed E-state index contributed by atoms with van der Waals surface area (Å²) in [6, 6.07) is 8.69. The first-order valence-electron chi connectivity index (χ1n) is 6.55. The molecule has 1 N–H and O–H groups in total. The zero-order valence-electron chi connectivity index (χ0n) is 12.3. The number of aliphatic hydroxyl groups is 1. The van der Waals surface area contributed by atoms with Gasteiger partial charge in [-0.05, 0) is 12.5 Å². The van der Waals surface area contributed by atoms with Gasteiger partial charge in [0, 0.05) is 12.0 Å². The lowest BCUT2D eigenvalue weighted by atomic mass is 9.82. The van der Waals surface area contributed by atoms with Crippen LogP contribution in [0.1, 0.15) is 18.4 Å². The van der Waals surface area contributed by atoms with Gasteiger partial charge in [-0.25, -0.2) is 5.06 Å². The standard InChI is InChI=1S/C14H20N2O5/c1-10(17)13(14(18)15(2)21-3)12(9-16(19)20)11-7-5-4-6-8-11/h4-8,10,12-13,17H,9H2,1-3H3/t10-,12+,13+/m0/s1. The smallest absolute Gasteiger partial charge is 0.252 e. The fraction of sp³-hybridized carbons (Fsp3) is 0.500. The molecule has 0 radical (unpaired) electrons. The first kappa shape index (κ1) is 17.1. The molecule has 1 aromatic rings. The van der Waals surface area contributed by atoms with Crippen LogP contribution in [0, 0.1) is 16.0 Å². The third-order valence-electron chi connectivity index (χ3n) is 3.40. The minimum absolute atomic E-state index is 0.442. The number of hydrogen-bond donors (Lipinski definition) is 1. The molecule has 0 aliphatic heterocycles. The molecule has 0 bridgehead atoms. The number of nitro groups is 1. The summed E-state index contributed by atoms with van der Waals surface area (Å²) in [7, 11) is 2.73. The second-order valence-corrected chi connectivity index (χ2v) is 4.82. The maximum atomic E-state index is 12.3. The molecule has 0 aromatic heterocycles. The molecule has 0 spiro atoms. The Labute approximate surface area is 123 Å². The van der Waals surface area contributed by atoms with Gasteiger partial charge in [-0.15, -0.1) is 0 Å². The van der Waals surface area contributed by atoms with Gasteiger partial charge >= 0.3 is 0 Å². The Morgan fingerprint density at radius 2 is 2.00 bits per heavy atom. The number of hydroxylamine groups is 2. The highest BCUT2D eigenvalue weighted by Crippen LogP contribution is 2.29. The van der Waals surface area contributed by atoms with Crippen LogP contribution in [-0.2, 0) is 9.63 Å². The Kier molecular flexibility index (Phi) is 6.26. The maximum absolute atomic E-state index is 12.3. The van der Waals surface area contributed by atoms with E-state index in [1.54, 1.807) is 30.3 Å². The van der Waals surface area contributed by atoms with E-state index in [1.807, 2.05) is 0 Å². The third kappa shape index (κ3) is 4.51. The van der Waals surface area contributed by atoms with Crippen LogP contribution in [0.2, 0.25) is 0 Å². The Morgan fingerprint density at radius 1 is 1.43 bits per heavy atom. The van der Waals surface area contributed by atoms with E-state index in [-0.39, 0.29) is 0 Å². The summed E-state index contributed by atoms with van der Waals surface area (Å²) >= 11 is 0. The number of benzene rings is 1. The van der Waals surface area contributed by atoms with Gasteiger partial charge in [0.25, 0.3) is 5.91 Å². The molecule has 7 nitrogen and oxygen atoms in total. The summed E-state index contributed by atoms with van der Waals surface area (Å²) in [5.41, 5.74) is 0.637. The molecule has 0 aliphatic rings. The third-order valence-corrected chi connectivity index (χ3v) is 3.40. The Bertz CT molecular complexity index is 478. The lowest BCUT2D eigenvalue weighted by Crippen LogP contribution is -2.42. The van der Waals surface area contributed by atoms with Gasteiger partial charge < -0.3 is 5.11 Å². The number of aliphatic hydroxyl groups excluding tert-OH is 1. The quantitative estimate of drug-likeness (QED) is 0.600. The first-order valence-corrected chi connectivity index (χ1v) is 6.55. The number of hydrogen-bond acceptors (Lipinski definition) is 5. The van der Waals surface area contributed by atoms with Crippen molar-refractivity contribution in [2.75, 3.05) is 20.7 Å². The van der Waals surface area contributed by atoms with Crippen LogP contribution in [0.25, 0.3) is 0 Å². The predicted molar refractivity (Wildman–Crippen MR) is 76.0 cm³/mol. The van der Waals surface area contributed by atoms with Gasteiger partial charge in [0.15, 0.2) is 0 Å². The molecular formula is C14H20N2O5. The van der Waals surface area contributed by atoms with Crippen LogP contribution < -0.4 is 0 Å². The van der Waals surface area contributed by atoms with E-state index in [0.29, 0.717) is 5.56 Å². The zero-order valence-corrected chi connectivity index (χ0v) is 12.3. The molecule has 0 fully saturated rings. The molecule has 0 saturated carbocycles. The van der Waals surface area contributed by atoms with Crippen molar-refractivity contribution < 1.29 is 19.7 Å². The van der Waals surface area contributed by atoms with Crippen LogP contribution in [0.15, 0.2) is 30.3 Å². The lowest BCUT2D eigenvalue weighted by Gasteiger charge is -2.29. The topological polar surface area (TPSA) is 92.9 Å². The van der Waals surface area contributed by atoms with Gasteiger partial charge in [0.05, 0.1) is 25.0 Å². The number of rotatable bonds is 7. The second-order valence-electron chi connectivity index (χ2n) is 4.82. The Hall–Kier alpha value is -1.99. The number of nitrogens with zero attached hydrogens (tertiary/aromatic N) is 2. The molecule has 3 atom stereocenters. The van der Waals surface area contributed by atoms with E-state index in [1.165, 1.54) is 21.1 Å². The monoisotopic (exact) mass is 296 g/mol. The van der Waals surface area contributed by atoms with Crippen molar-refractivity contribution in [2.24, 2.45) is 5.92 Å². The van der Waals surface area contributed by atoms with Crippen molar-refractivity contribution in [1.29, 1.82) is 0 Å². The fourth-order valence-electron chi connectivity index (χ4n) is 2.30. The van der Waals surface area contributed by atoms with Gasteiger partial charge in [-0.3, -0.25) is 19.7 Å². The van der Waals surface area contributed by atoms with Crippen molar-refractivity contribution in [1.82, 2.24) is 5.06 Å². The van der Waals surface area contributed by atoms with E-state index in [4.69, 9.17) is 4.84 Å². The van der Waals surface area contributed by atoms with E-state index in [2.05, 4.69) is 0 Å². The zero-order chi connectivity index (χ0) is 16.0. The Morgan fingerprint density at radius 3 is 2.43 bits per heavy atom. The second kappa shape index (κ2) is 7.70. The van der Waals surface area contributed by atoms with Gasteiger partial charge in [0.2, 0.25) is 6.54 Å². The molecule has 21 heavy (non-hydrogen) atoms. The van der Waals surface area contributed by atoms with E-state index in [0.717, 1.165) is 5.06 Å². The molecule has 0 saturated heterocycles. The summed E-state index contributed by atoms with van der Waals surface area (Å²) < 4.78 is 0. The normalized spacial score (nSPS) is 15.0. The Balaban J connectivity index is 3.19. The summed E-state index contributed by atoms with van der Waals surface area (Å²) in [5, 5.41) is 21.9. The van der Waals surface area contributed by atoms with Gasteiger partial charge in [-0.2, -0.15) is 0 Å². The van der Waals surface area contributed by atoms with Crippen molar-refractivity contribution in [3.8, 4) is 0 Å². The van der Waals surface area contributed by atoms with Crippen LogP contribution in [0.4, 0.5) is 0 Å². The van der Waals surface area contributed by atoms with Gasteiger partial charge in [0.1, 0.15) is 0 Å². The van der Waals surface area contributed by atoms with Crippen LogP contribution in [0.3, 0.4) is 0 Å². The van der Waals surface area contributed by atoms with Crippen molar-refractivity contribution in [3.63, 3.8) is 0 Å². The molecular weight excluding hydrogens is 276 g/mol. The van der Waals surface area contributed by atoms with Crippen molar-refractivity contribution in [3.05, 3.63) is 46.0 Å². The van der Waals surface area contributed by atoms with Crippen molar-refractivity contribution >= 4 is 5.91 Å². The minimum Gasteiger partial charge on any atom is -0.393 e. The highest BCUT2D eigenvalue weighted by molar-refractivity contribution is 5.79. The van der Waals surface area contributed by atoms with Crippen LogP contribution >= 0.6 is 0 Å². The lowest BCUT2D eigenvalue weighted by molar-refractivity contribution is -0.485. The summed E-state index contributed by atoms with van der Waals surface area (Å²) in [5.74, 6) is -2.18. The number of amides is 1. The van der Waals surface area contributed by atoms with E-state index >= 15 is 0 Å². The molecule has 0 unspecified atom stereocenters. The fourth-order valence-corrected chi connectivity index (χ4v) is 2.30. The minimum atomic E-state index is -1.04. The summed E-state index contributed by atoms with van der Waals surface area (Å²) in [6.07, 6.45) is -1.04. The number of carbonyl (C=O) groups excluding carboxylic acids is 1. The first-order chi connectivity index (χ1) is 9.88. The molecule has 1 amide bonds. The highest BCUT2D eigenvalue weighted by Gasteiger charge is 2.38. The van der Waals surface area contributed by atoms with E-state index in [9.17, 15) is 20.0 Å². The molecule has 0 aliphatic carbocycles. The highest BCUT2D eigenvalue weighted by atomic mass is 16.7. The molecule has 1 aromatic carbocycles. The molecule has 116 valence electrons. The van der Waals surface area contributed by atoms with Crippen molar-refractivity contribution in [2.45, 2.75) is 18.9 Å².